The number of nitro benzene ring substituents is 1. The molecular weight excluding hydrogens is 493 g/mol. The number of ketones is 1. The Morgan fingerprint density at radius 3 is 2.62 bits per heavy atom. The van der Waals surface area contributed by atoms with E-state index in [4.69, 9.17) is 9.47 Å². The number of esters is 1. The van der Waals surface area contributed by atoms with E-state index in [1.54, 1.807) is 6.92 Å². The molecule has 11 heteroatoms. The molecule has 0 saturated heterocycles. The molecule has 37 heavy (non-hydrogen) atoms. The van der Waals surface area contributed by atoms with Crippen molar-refractivity contribution < 1.29 is 37.2 Å². The molecule has 0 N–H and O–H groups in total. The first-order valence-electron chi connectivity index (χ1n) is 11.5. The normalized spacial score (nSPS) is 19.7. The quantitative estimate of drug-likeness (QED) is 0.283. The maximum absolute atomic E-state index is 13.0. The fourth-order valence-corrected chi connectivity index (χ4v) is 4.79. The number of hydrogen-bond donors (Lipinski definition) is 0. The summed E-state index contributed by atoms with van der Waals surface area (Å²) in [5, 5.41) is 11.9. The van der Waals surface area contributed by atoms with Crippen LogP contribution in [0.2, 0.25) is 0 Å². The van der Waals surface area contributed by atoms with E-state index in [2.05, 4.69) is 4.99 Å². The molecule has 0 spiro atoms. The summed E-state index contributed by atoms with van der Waals surface area (Å²) in [4.78, 5) is 41.3. The highest BCUT2D eigenvalue weighted by atomic mass is 19.4. The molecule has 0 radical (unpaired) electrons. The summed E-state index contributed by atoms with van der Waals surface area (Å²) in [7, 11) is 1.21. The van der Waals surface area contributed by atoms with Crippen molar-refractivity contribution >= 4 is 23.2 Å². The summed E-state index contributed by atoms with van der Waals surface area (Å²) < 4.78 is 49.5. The molecule has 1 heterocycles. The number of rotatable bonds is 6. The van der Waals surface area contributed by atoms with Crippen LogP contribution >= 0.6 is 0 Å². The SMILES string of the molecule is COC(=O)C1C(C)=NC2=C(C(=O)CCC2)[C@@H]1c1ccc(OCc2cccc(C(F)(F)F)c2)c([N+](=O)[O-])c1. The highest BCUT2D eigenvalue weighted by Crippen LogP contribution is 2.45. The van der Waals surface area contributed by atoms with Gasteiger partial charge in [-0.2, -0.15) is 13.2 Å². The lowest BCUT2D eigenvalue weighted by molar-refractivity contribution is -0.386. The third-order valence-electron chi connectivity index (χ3n) is 6.48. The number of Topliss-reactive ketones (excluding diaryl/α,β-unsaturated/α-hetero) is 1. The summed E-state index contributed by atoms with van der Waals surface area (Å²) in [6.45, 7) is 1.32. The Hall–Kier alpha value is -4.02. The number of halogens is 3. The van der Waals surface area contributed by atoms with Gasteiger partial charge in [-0.1, -0.05) is 18.2 Å². The topological polar surface area (TPSA) is 108 Å². The Morgan fingerprint density at radius 2 is 1.95 bits per heavy atom. The molecule has 2 atom stereocenters. The second-order valence-electron chi connectivity index (χ2n) is 8.84. The number of benzene rings is 2. The molecule has 0 saturated carbocycles. The summed E-state index contributed by atoms with van der Waals surface area (Å²) in [6, 6.07) is 8.55. The molecule has 4 rings (SSSR count). The van der Waals surface area contributed by atoms with E-state index < -0.39 is 40.2 Å². The largest absolute Gasteiger partial charge is 0.482 e. The van der Waals surface area contributed by atoms with Crippen LogP contribution in [0.1, 0.15) is 48.8 Å². The van der Waals surface area contributed by atoms with E-state index in [1.807, 2.05) is 0 Å². The van der Waals surface area contributed by atoms with Gasteiger partial charge in [0.1, 0.15) is 12.5 Å². The lowest BCUT2D eigenvalue weighted by Crippen LogP contribution is -2.36. The van der Waals surface area contributed by atoms with Gasteiger partial charge < -0.3 is 9.47 Å². The summed E-state index contributed by atoms with van der Waals surface area (Å²) in [6.07, 6.45) is -3.10. The van der Waals surface area contributed by atoms with Gasteiger partial charge in [-0.05, 0) is 49.1 Å². The van der Waals surface area contributed by atoms with Crippen molar-refractivity contribution in [3.8, 4) is 5.75 Å². The highest BCUT2D eigenvalue weighted by Gasteiger charge is 2.43. The highest BCUT2D eigenvalue weighted by molar-refractivity contribution is 6.08. The number of alkyl halides is 3. The number of methoxy groups -OCH3 is 1. The first-order valence-corrected chi connectivity index (χ1v) is 11.5. The molecule has 1 aliphatic heterocycles. The average molecular weight is 516 g/mol. The molecule has 0 amide bonds. The Labute approximate surface area is 209 Å². The van der Waals surface area contributed by atoms with Gasteiger partial charge in [0.25, 0.3) is 0 Å². The van der Waals surface area contributed by atoms with E-state index in [-0.39, 0.29) is 30.1 Å². The van der Waals surface area contributed by atoms with Gasteiger partial charge in [0.05, 0.1) is 17.6 Å². The van der Waals surface area contributed by atoms with Crippen molar-refractivity contribution in [3.63, 3.8) is 0 Å². The molecule has 0 fully saturated rings. The molecule has 2 aromatic carbocycles. The van der Waals surface area contributed by atoms with E-state index >= 15 is 0 Å². The Morgan fingerprint density at radius 1 is 1.19 bits per heavy atom. The molecule has 2 aromatic rings. The van der Waals surface area contributed by atoms with Crippen molar-refractivity contribution in [2.75, 3.05) is 7.11 Å². The third kappa shape index (κ3) is 5.25. The lowest BCUT2D eigenvalue weighted by atomic mass is 9.71. The second-order valence-corrected chi connectivity index (χ2v) is 8.84. The molecule has 2 aliphatic rings. The number of allylic oxidation sites excluding steroid dienone is 2. The lowest BCUT2D eigenvalue weighted by Gasteiger charge is -2.34. The van der Waals surface area contributed by atoms with Gasteiger partial charge in [-0.25, -0.2) is 0 Å². The van der Waals surface area contributed by atoms with Crippen molar-refractivity contribution in [3.05, 3.63) is 80.5 Å². The van der Waals surface area contributed by atoms with Gasteiger partial charge in [-0.3, -0.25) is 24.7 Å². The van der Waals surface area contributed by atoms with Crippen molar-refractivity contribution in [1.29, 1.82) is 0 Å². The van der Waals surface area contributed by atoms with Gasteiger partial charge in [0.15, 0.2) is 11.5 Å². The van der Waals surface area contributed by atoms with Crippen LogP contribution in [0.3, 0.4) is 0 Å². The fraction of sp³-hybridized carbons (Fsp3) is 0.346. The average Bonchev–Trinajstić information content (AvgIpc) is 2.86. The predicted octanol–water partition coefficient (Wildman–Crippen LogP) is 5.55. The van der Waals surface area contributed by atoms with Crippen LogP contribution in [0.5, 0.6) is 5.75 Å². The van der Waals surface area contributed by atoms with E-state index in [0.29, 0.717) is 35.4 Å². The number of carbonyl (C=O) groups excluding carboxylic acids is 2. The minimum absolute atomic E-state index is 0.161. The number of nitrogens with zero attached hydrogens (tertiary/aromatic N) is 2. The van der Waals surface area contributed by atoms with Crippen LogP contribution in [0.15, 0.2) is 58.7 Å². The standard InChI is InChI=1S/C26H23F3N2O6/c1-14-22(25(33)36-2)23(24-18(30-14)7-4-8-20(24)32)16-9-10-21(19(12-16)31(34)35)37-13-15-5-3-6-17(11-15)26(27,28)29/h3,5-6,9-12,22-23H,4,7-8,13H2,1-2H3/t22?,23-/m1/s1. The van der Waals surface area contributed by atoms with E-state index in [9.17, 15) is 32.9 Å². The van der Waals surface area contributed by atoms with Gasteiger partial charge >= 0.3 is 17.8 Å². The van der Waals surface area contributed by atoms with Gasteiger partial charge in [-0.15, -0.1) is 0 Å². The number of carbonyl (C=O) groups is 2. The number of nitro groups is 1. The second kappa shape index (κ2) is 10.2. The smallest absolute Gasteiger partial charge is 0.416 e. The number of hydrogen-bond acceptors (Lipinski definition) is 7. The van der Waals surface area contributed by atoms with Crippen LogP contribution in [0, 0.1) is 16.0 Å². The maximum Gasteiger partial charge on any atom is 0.416 e. The number of ether oxygens (including phenoxy) is 2. The van der Waals surface area contributed by atoms with Crippen LogP contribution in [0.4, 0.5) is 18.9 Å². The molecule has 194 valence electrons. The minimum Gasteiger partial charge on any atom is -0.482 e. The maximum atomic E-state index is 13.0. The Balaban J connectivity index is 1.71. The zero-order valence-corrected chi connectivity index (χ0v) is 20.0. The van der Waals surface area contributed by atoms with Gasteiger partial charge in [0, 0.05) is 35.4 Å². The zero-order valence-electron chi connectivity index (χ0n) is 20.0. The van der Waals surface area contributed by atoms with Crippen LogP contribution in [0.25, 0.3) is 0 Å². The van der Waals surface area contributed by atoms with Crippen LogP contribution in [-0.4, -0.2) is 29.5 Å². The monoisotopic (exact) mass is 516 g/mol. The molecule has 0 bridgehead atoms. The van der Waals surface area contributed by atoms with Crippen molar-refractivity contribution in [2.24, 2.45) is 10.9 Å². The van der Waals surface area contributed by atoms with E-state index in [0.717, 1.165) is 12.1 Å². The molecular formula is C26H23F3N2O6. The first-order chi connectivity index (χ1) is 17.5. The summed E-state index contributed by atoms with van der Waals surface area (Å²) in [5.41, 5.74) is 0.566. The molecule has 1 unspecified atom stereocenters. The Bertz CT molecular complexity index is 1330. The summed E-state index contributed by atoms with van der Waals surface area (Å²) in [5.74, 6) is -2.73. The van der Waals surface area contributed by atoms with Crippen LogP contribution in [-0.2, 0) is 27.1 Å². The van der Waals surface area contributed by atoms with Crippen LogP contribution < -0.4 is 4.74 Å². The molecule has 8 nitrogen and oxygen atoms in total. The van der Waals surface area contributed by atoms with Gasteiger partial charge in [0.2, 0.25) is 0 Å². The third-order valence-corrected chi connectivity index (χ3v) is 6.48. The Kier molecular flexibility index (Phi) is 7.15. The first kappa shape index (κ1) is 26.1. The zero-order chi connectivity index (χ0) is 26.9. The van der Waals surface area contributed by atoms with Crippen molar-refractivity contribution in [1.82, 2.24) is 0 Å². The predicted molar refractivity (Wildman–Crippen MR) is 126 cm³/mol. The fourth-order valence-electron chi connectivity index (χ4n) is 4.79. The van der Waals surface area contributed by atoms with Crippen molar-refractivity contribution in [2.45, 2.75) is 44.9 Å². The number of aliphatic imine (C=N–C) groups is 1. The minimum atomic E-state index is -4.54. The molecule has 1 aliphatic carbocycles. The molecule has 0 aromatic heterocycles. The summed E-state index contributed by atoms with van der Waals surface area (Å²) >= 11 is 0. The van der Waals surface area contributed by atoms with E-state index in [1.165, 1.54) is 37.4 Å².